The summed E-state index contributed by atoms with van der Waals surface area (Å²) in [5.74, 6) is 0.994. The van der Waals surface area contributed by atoms with E-state index in [1.807, 2.05) is 6.07 Å². The third kappa shape index (κ3) is 4.38. The van der Waals surface area contributed by atoms with Crippen LogP contribution in [0.2, 0.25) is 5.02 Å². The van der Waals surface area contributed by atoms with Crippen LogP contribution in [0.3, 0.4) is 0 Å². The molecule has 1 amide bonds. The highest BCUT2D eigenvalue weighted by molar-refractivity contribution is 9.10. The molecule has 110 valence electrons. The molecular formula is C15H19BrClNO2. The average molecular weight is 361 g/mol. The number of nitrogens with one attached hydrogen (secondary N) is 1. The van der Waals surface area contributed by atoms with Gasteiger partial charge in [-0.3, -0.25) is 4.79 Å². The minimum atomic E-state index is -0.0808. The molecule has 1 aromatic carbocycles. The third-order valence-corrected chi connectivity index (χ3v) is 4.50. The van der Waals surface area contributed by atoms with Gasteiger partial charge in [0, 0.05) is 10.5 Å². The van der Waals surface area contributed by atoms with Crippen molar-refractivity contribution in [3.8, 4) is 5.75 Å². The van der Waals surface area contributed by atoms with Gasteiger partial charge in [0.15, 0.2) is 6.61 Å². The monoisotopic (exact) mass is 359 g/mol. The number of carbonyl (C=O) groups is 1. The van der Waals surface area contributed by atoms with Gasteiger partial charge in [0.2, 0.25) is 0 Å². The van der Waals surface area contributed by atoms with Crippen LogP contribution in [-0.2, 0) is 4.79 Å². The van der Waals surface area contributed by atoms with E-state index in [9.17, 15) is 4.79 Å². The molecule has 0 bridgehead atoms. The smallest absolute Gasteiger partial charge is 0.258 e. The molecule has 0 unspecified atom stereocenters. The molecule has 1 fully saturated rings. The van der Waals surface area contributed by atoms with Gasteiger partial charge in [0.1, 0.15) is 5.75 Å². The lowest BCUT2D eigenvalue weighted by Gasteiger charge is -2.29. The van der Waals surface area contributed by atoms with Gasteiger partial charge in [-0.25, -0.2) is 0 Å². The molecule has 0 spiro atoms. The molecule has 3 nitrogen and oxygen atoms in total. The Labute approximate surface area is 133 Å². The van der Waals surface area contributed by atoms with Crippen molar-refractivity contribution in [3.05, 3.63) is 27.7 Å². The van der Waals surface area contributed by atoms with Gasteiger partial charge < -0.3 is 10.1 Å². The predicted octanol–water partition coefficient (Wildman–Crippen LogP) is 4.18. The first-order valence-corrected chi connectivity index (χ1v) is 8.10. The SMILES string of the molecule is C[C@@H]1CCCC[C@@H]1NC(=O)COc1ccc(Br)cc1Cl. The topological polar surface area (TPSA) is 38.3 Å². The van der Waals surface area contributed by atoms with Gasteiger partial charge in [0.25, 0.3) is 5.91 Å². The molecule has 2 atom stereocenters. The summed E-state index contributed by atoms with van der Waals surface area (Å²) in [4.78, 5) is 11.9. The summed E-state index contributed by atoms with van der Waals surface area (Å²) < 4.78 is 6.35. The minimum absolute atomic E-state index is 0.00454. The predicted molar refractivity (Wildman–Crippen MR) is 84.2 cm³/mol. The summed E-state index contributed by atoms with van der Waals surface area (Å²) in [6, 6.07) is 5.61. The van der Waals surface area contributed by atoms with E-state index >= 15 is 0 Å². The van der Waals surface area contributed by atoms with Crippen molar-refractivity contribution in [1.29, 1.82) is 0 Å². The lowest BCUT2D eigenvalue weighted by atomic mass is 9.86. The lowest BCUT2D eigenvalue weighted by molar-refractivity contribution is -0.124. The first kappa shape index (κ1) is 15.6. The van der Waals surface area contributed by atoms with Crippen LogP contribution in [0.25, 0.3) is 0 Å². The molecule has 2 rings (SSSR count). The highest BCUT2D eigenvalue weighted by Crippen LogP contribution is 2.28. The van der Waals surface area contributed by atoms with Crippen molar-refractivity contribution >= 4 is 33.4 Å². The van der Waals surface area contributed by atoms with E-state index in [0.29, 0.717) is 16.7 Å². The van der Waals surface area contributed by atoms with Crippen molar-refractivity contribution in [2.75, 3.05) is 6.61 Å². The van der Waals surface area contributed by atoms with E-state index in [2.05, 4.69) is 28.2 Å². The molecule has 1 aliphatic rings. The van der Waals surface area contributed by atoms with Crippen molar-refractivity contribution < 1.29 is 9.53 Å². The summed E-state index contributed by atoms with van der Waals surface area (Å²) in [5, 5.41) is 3.55. The number of rotatable bonds is 4. The first-order chi connectivity index (χ1) is 9.56. The van der Waals surface area contributed by atoms with Crippen LogP contribution in [0.1, 0.15) is 32.6 Å². The Morgan fingerprint density at radius 2 is 2.20 bits per heavy atom. The van der Waals surface area contributed by atoms with Crippen molar-refractivity contribution in [2.24, 2.45) is 5.92 Å². The zero-order valence-electron chi connectivity index (χ0n) is 11.5. The molecule has 5 heteroatoms. The average Bonchev–Trinajstić information content (AvgIpc) is 2.40. The zero-order valence-corrected chi connectivity index (χ0v) is 13.8. The largest absolute Gasteiger partial charge is 0.482 e. The Balaban J connectivity index is 1.82. The van der Waals surface area contributed by atoms with Crippen LogP contribution in [0.15, 0.2) is 22.7 Å². The van der Waals surface area contributed by atoms with Crippen LogP contribution in [0, 0.1) is 5.92 Å². The standard InChI is InChI=1S/C15H19BrClNO2/c1-10-4-2-3-5-13(10)18-15(19)9-20-14-7-6-11(16)8-12(14)17/h6-8,10,13H,2-5,9H2,1H3,(H,18,19)/t10-,13+/m1/s1. The van der Waals surface area contributed by atoms with E-state index in [1.54, 1.807) is 12.1 Å². The third-order valence-electron chi connectivity index (χ3n) is 3.71. The number of ether oxygens (including phenoxy) is 1. The summed E-state index contributed by atoms with van der Waals surface area (Å²) >= 11 is 9.37. The molecule has 1 aromatic rings. The Morgan fingerprint density at radius 3 is 2.90 bits per heavy atom. The summed E-state index contributed by atoms with van der Waals surface area (Å²) in [5.41, 5.74) is 0. The van der Waals surface area contributed by atoms with Crippen molar-refractivity contribution in [1.82, 2.24) is 5.32 Å². The van der Waals surface area contributed by atoms with Crippen molar-refractivity contribution in [3.63, 3.8) is 0 Å². The fourth-order valence-corrected chi connectivity index (χ4v) is 3.24. The molecule has 0 heterocycles. The van der Waals surface area contributed by atoms with E-state index in [0.717, 1.165) is 10.9 Å². The van der Waals surface area contributed by atoms with Crippen LogP contribution < -0.4 is 10.1 Å². The molecule has 0 aromatic heterocycles. The van der Waals surface area contributed by atoms with Gasteiger partial charge >= 0.3 is 0 Å². The number of carbonyl (C=O) groups excluding carboxylic acids is 1. The highest BCUT2D eigenvalue weighted by Gasteiger charge is 2.22. The quantitative estimate of drug-likeness (QED) is 0.875. The Bertz CT molecular complexity index is 481. The molecule has 0 aliphatic heterocycles. The van der Waals surface area contributed by atoms with Gasteiger partial charge in [0.05, 0.1) is 5.02 Å². The fraction of sp³-hybridized carbons (Fsp3) is 0.533. The molecule has 1 saturated carbocycles. The Kier molecular flexibility index (Phi) is 5.73. The number of benzene rings is 1. The summed E-state index contributed by atoms with van der Waals surface area (Å²) in [6.45, 7) is 2.20. The summed E-state index contributed by atoms with van der Waals surface area (Å²) in [7, 11) is 0. The Morgan fingerprint density at radius 1 is 1.45 bits per heavy atom. The van der Waals surface area contributed by atoms with E-state index < -0.39 is 0 Å². The second-order valence-corrected chi connectivity index (χ2v) is 6.62. The molecule has 0 saturated heterocycles. The first-order valence-electron chi connectivity index (χ1n) is 6.93. The molecular weight excluding hydrogens is 342 g/mol. The molecule has 1 N–H and O–H groups in total. The maximum absolute atomic E-state index is 11.9. The molecule has 1 aliphatic carbocycles. The van der Waals surface area contributed by atoms with Crippen LogP contribution in [0.5, 0.6) is 5.75 Å². The van der Waals surface area contributed by atoms with E-state index in [-0.39, 0.29) is 18.6 Å². The number of hydrogen-bond acceptors (Lipinski definition) is 2. The normalized spacial score (nSPS) is 22.4. The Hall–Kier alpha value is -0.740. The number of hydrogen-bond donors (Lipinski definition) is 1. The van der Waals surface area contributed by atoms with E-state index in [4.69, 9.17) is 16.3 Å². The fourth-order valence-electron chi connectivity index (χ4n) is 2.51. The lowest BCUT2D eigenvalue weighted by Crippen LogP contribution is -2.43. The molecule has 0 radical (unpaired) electrons. The minimum Gasteiger partial charge on any atom is -0.482 e. The van der Waals surface area contributed by atoms with Gasteiger partial charge in [-0.2, -0.15) is 0 Å². The number of halogens is 2. The maximum atomic E-state index is 11.9. The van der Waals surface area contributed by atoms with Crippen LogP contribution >= 0.6 is 27.5 Å². The van der Waals surface area contributed by atoms with Crippen molar-refractivity contribution in [2.45, 2.75) is 38.6 Å². The highest BCUT2D eigenvalue weighted by atomic mass is 79.9. The summed E-state index contributed by atoms with van der Waals surface area (Å²) in [6.07, 6.45) is 4.70. The van der Waals surface area contributed by atoms with E-state index in [1.165, 1.54) is 19.3 Å². The second kappa shape index (κ2) is 7.32. The van der Waals surface area contributed by atoms with Gasteiger partial charge in [-0.1, -0.05) is 47.3 Å². The molecule has 20 heavy (non-hydrogen) atoms. The van der Waals surface area contributed by atoms with Gasteiger partial charge in [-0.05, 0) is 37.0 Å². The zero-order chi connectivity index (χ0) is 14.5. The van der Waals surface area contributed by atoms with Crippen LogP contribution in [-0.4, -0.2) is 18.6 Å². The van der Waals surface area contributed by atoms with Crippen LogP contribution in [0.4, 0.5) is 0 Å². The maximum Gasteiger partial charge on any atom is 0.258 e. The van der Waals surface area contributed by atoms with Gasteiger partial charge in [-0.15, -0.1) is 0 Å². The second-order valence-electron chi connectivity index (χ2n) is 5.30. The number of amides is 1.